The zero-order valence-electron chi connectivity index (χ0n) is 13.0. The summed E-state index contributed by atoms with van der Waals surface area (Å²) in [6, 6.07) is 24.2. The van der Waals surface area contributed by atoms with Crippen molar-refractivity contribution in [2.24, 2.45) is 0 Å². The van der Waals surface area contributed by atoms with E-state index in [0.29, 0.717) is 10.7 Å². The second-order valence-electron chi connectivity index (χ2n) is 5.46. The molecule has 0 heterocycles. The van der Waals surface area contributed by atoms with Crippen molar-refractivity contribution in [1.82, 2.24) is 0 Å². The van der Waals surface area contributed by atoms with Crippen LogP contribution in [0.3, 0.4) is 0 Å². The molecule has 1 amide bonds. The molecule has 3 aromatic carbocycles. The zero-order valence-corrected chi connectivity index (χ0v) is 13.8. The first-order valence-electron chi connectivity index (χ1n) is 7.61. The van der Waals surface area contributed by atoms with Gasteiger partial charge < -0.3 is 5.73 Å². The summed E-state index contributed by atoms with van der Waals surface area (Å²) in [7, 11) is 0. The smallest absolute Gasteiger partial charge is 0.235 e. The van der Waals surface area contributed by atoms with Crippen molar-refractivity contribution < 1.29 is 4.79 Å². The third-order valence-electron chi connectivity index (χ3n) is 3.66. The van der Waals surface area contributed by atoms with Crippen molar-refractivity contribution in [2.45, 2.75) is 6.42 Å². The van der Waals surface area contributed by atoms with E-state index in [0.717, 1.165) is 16.9 Å². The van der Waals surface area contributed by atoms with E-state index in [1.54, 1.807) is 23.1 Å². The normalized spacial score (nSPS) is 10.4. The monoisotopic (exact) mass is 336 g/mol. The predicted octanol–water partition coefficient (Wildman–Crippen LogP) is 4.83. The largest absolute Gasteiger partial charge is 0.399 e. The van der Waals surface area contributed by atoms with E-state index in [1.807, 2.05) is 60.7 Å². The number of anilines is 3. The van der Waals surface area contributed by atoms with Crippen LogP contribution in [0.1, 0.15) is 5.56 Å². The number of benzene rings is 3. The number of nitrogens with zero attached hydrogens (tertiary/aromatic N) is 1. The molecule has 0 aliphatic rings. The predicted molar refractivity (Wildman–Crippen MR) is 99.6 cm³/mol. The summed E-state index contributed by atoms with van der Waals surface area (Å²) in [5, 5.41) is 0.624. The van der Waals surface area contributed by atoms with Crippen molar-refractivity contribution >= 4 is 34.6 Å². The molecule has 24 heavy (non-hydrogen) atoms. The second kappa shape index (κ2) is 7.20. The van der Waals surface area contributed by atoms with Gasteiger partial charge in [-0.15, -0.1) is 0 Å². The average Bonchev–Trinajstić information content (AvgIpc) is 2.58. The highest BCUT2D eigenvalue weighted by atomic mass is 35.5. The summed E-state index contributed by atoms with van der Waals surface area (Å²) < 4.78 is 0. The number of carbonyl (C=O) groups excluding carboxylic acids is 1. The van der Waals surface area contributed by atoms with Crippen LogP contribution in [0.2, 0.25) is 5.02 Å². The molecule has 3 rings (SSSR count). The van der Waals surface area contributed by atoms with Crippen LogP contribution in [0.5, 0.6) is 0 Å². The van der Waals surface area contributed by atoms with Crippen LogP contribution in [0.15, 0.2) is 78.9 Å². The first-order chi connectivity index (χ1) is 11.6. The van der Waals surface area contributed by atoms with Crippen molar-refractivity contribution in [3.8, 4) is 0 Å². The van der Waals surface area contributed by atoms with Crippen LogP contribution in [0.25, 0.3) is 0 Å². The Morgan fingerprint density at radius 3 is 2.21 bits per heavy atom. The fourth-order valence-electron chi connectivity index (χ4n) is 2.54. The first-order valence-corrected chi connectivity index (χ1v) is 7.99. The van der Waals surface area contributed by atoms with Gasteiger partial charge in [-0.1, -0.05) is 41.9 Å². The van der Waals surface area contributed by atoms with Gasteiger partial charge in [0.15, 0.2) is 0 Å². The number of hydrogen-bond donors (Lipinski definition) is 1. The van der Waals surface area contributed by atoms with Crippen LogP contribution in [0.4, 0.5) is 17.1 Å². The number of rotatable bonds is 4. The van der Waals surface area contributed by atoms with Gasteiger partial charge >= 0.3 is 0 Å². The Morgan fingerprint density at radius 1 is 0.875 bits per heavy atom. The molecular formula is C20H17ClN2O. The van der Waals surface area contributed by atoms with E-state index >= 15 is 0 Å². The molecule has 0 aliphatic carbocycles. The average molecular weight is 337 g/mol. The molecule has 4 heteroatoms. The Bertz CT molecular complexity index is 832. The molecule has 0 saturated carbocycles. The Labute approximate surface area is 146 Å². The Morgan fingerprint density at radius 2 is 1.54 bits per heavy atom. The number of hydrogen-bond acceptors (Lipinski definition) is 2. The van der Waals surface area contributed by atoms with Crippen molar-refractivity contribution in [2.75, 3.05) is 10.6 Å². The summed E-state index contributed by atoms with van der Waals surface area (Å²) in [6.07, 6.45) is 0.264. The highest BCUT2D eigenvalue weighted by Crippen LogP contribution is 2.27. The molecule has 3 aromatic rings. The van der Waals surface area contributed by atoms with Crippen LogP contribution < -0.4 is 10.6 Å². The molecule has 0 unspecified atom stereocenters. The summed E-state index contributed by atoms with van der Waals surface area (Å²) in [4.78, 5) is 14.7. The number of carbonyl (C=O) groups is 1. The number of para-hydroxylation sites is 1. The van der Waals surface area contributed by atoms with Crippen LogP contribution in [-0.2, 0) is 11.2 Å². The molecule has 0 fully saturated rings. The number of nitrogens with two attached hydrogens (primary N) is 1. The van der Waals surface area contributed by atoms with Gasteiger partial charge in [-0.05, 0) is 54.1 Å². The van der Waals surface area contributed by atoms with E-state index in [-0.39, 0.29) is 12.3 Å². The standard InChI is InChI=1S/C20H17ClN2O/c21-16-6-4-5-15(13-16)14-20(24)23(18-7-2-1-3-8-18)19-11-9-17(22)10-12-19/h1-13H,14,22H2. The number of nitrogen functional groups attached to an aromatic ring is 1. The lowest BCUT2D eigenvalue weighted by Crippen LogP contribution is -2.27. The summed E-state index contributed by atoms with van der Waals surface area (Å²) in [5.74, 6) is -0.0340. The van der Waals surface area contributed by atoms with Gasteiger partial charge in [-0.25, -0.2) is 0 Å². The molecular weight excluding hydrogens is 320 g/mol. The maximum absolute atomic E-state index is 13.0. The Balaban J connectivity index is 1.95. The first kappa shape index (κ1) is 16.1. The zero-order chi connectivity index (χ0) is 16.9. The maximum atomic E-state index is 13.0. The highest BCUT2D eigenvalue weighted by Gasteiger charge is 2.18. The van der Waals surface area contributed by atoms with E-state index in [4.69, 9.17) is 17.3 Å². The molecule has 0 spiro atoms. The minimum absolute atomic E-state index is 0.0340. The lowest BCUT2D eigenvalue weighted by atomic mass is 10.1. The van der Waals surface area contributed by atoms with Gasteiger partial charge in [-0.2, -0.15) is 0 Å². The second-order valence-corrected chi connectivity index (χ2v) is 5.90. The fraction of sp³-hybridized carbons (Fsp3) is 0.0500. The minimum Gasteiger partial charge on any atom is -0.399 e. The Kier molecular flexibility index (Phi) is 4.82. The SMILES string of the molecule is Nc1ccc(N(C(=O)Cc2cccc(Cl)c2)c2ccccc2)cc1. The van der Waals surface area contributed by atoms with Gasteiger partial charge in [0.1, 0.15) is 0 Å². The molecule has 0 atom stereocenters. The summed E-state index contributed by atoms with van der Waals surface area (Å²) >= 11 is 6.02. The van der Waals surface area contributed by atoms with E-state index in [1.165, 1.54) is 0 Å². The topological polar surface area (TPSA) is 46.3 Å². The van der Waals surface area contributed by atoms with Gasteiger partial charge in [0.2, 0.25) is 5.91 Å². The molecule has 0 bridgehead atoms. The van der Waals surface area contributed by atoms with Crippen molar-refractivity contribution in [1.29, 1.82) is 0 Å². The van der Waals surface area contributed by atoms with E-state index in [2.05, 4.69) is 0 Å². The summed E-state index contributed by atoms with van der Waals surface area (Å²) in [6.45, 7) is 0. The molecule has 0 aromatic heterocycles. The fourth-order valence-corrected chi connectivity index (χ4v) is 2.75. The minimum atomic E-state index is -0.0340. The third kappa shape index (κ3) is 3.76. The third-order valence-corrected chi connectivity index (χ3v) is 3.89. The van der Waals surface area contributed by atoms with Crippen LogP contribution in [-0.4, -0.2) is 5.91 Å². The van der Waals surface area contributed by atoms with E-state index < -0.39 is 0 Å². The molecule has 120 valence electrons. The van der Waals surface area contributed by atoms with Crippen LogP contribution >= 0.6 is 11.6 Å². The molecule has 3 nitrogen and oxygen atoms in total. The van der Waals surface area contributed by atoms with Crippen molar-refractivity contribution in [3.05, 3.63) is 89.4 Å². The molecule has 0 radical (unpaired) electrons. The van der Waals surface area contributed by atoms with Gasteiger partial charge in [-0.3, -0.25) is 9.69 Å². The number of amides is 1. The van der Waals surface area contributed by atoms with Gasteiger partial charge in [0.25, 0.3) is 0 Å². The lowest BCUT2D eigenvalue weighted by molar-refractivity contribution is -0.117. The van der Waals surface area contributed by atoms with Gasteiger partial charge in [0.05, 0.1) is 6.42 Å². The van der Waals surface area contributed by atoms with E-state index in [9.17, 15) is 4.79 Å². The quantitative estimate of drug-likeness (QED) is 0.694. The molecule has 0 saturated heterocycles. The summed E-state index contributed by atoms with van der Waals surface area (Å²) in [5.41, 5.74) is 8.90. The van der Waals surface area contributed by atoms with Crippen molar-refractivity contribution in [3.63, 3.8) is 0 Å². The van der Waals surface area contributed by atoms with Crippen LogP contribution in [0, 0.1) is 0 Å². The molecule has 0 aliphatic heterocycles. The van der Waals surface area contributed by atoms with Gasteiger partial charge in [0, 0.05) is 22.1 Å². The number of halogens is 1. The maximum Gasteiger partial charge on any atom is 0.235 e. The molecule has 2 N–H and O–H groups in total. The Hall–Kier alpha value is -2.78. The highest BCUT2D eigenvalue weighted by molar-refractivity contribution is 6.30. The lowest BCUT2D eigenvalue weighted by Gasteiger charge is -2.23.